The Morgan fingerprint density at radius 2 is 2.30 bits per heavy atom. The number of aromatic amines is 1. The number of allylic oxidation sites excluding steroid dienone is 1. The zero-order chi connectivity index (χ0) is 26.5. The van der Waals surface area contributed by atoms with E-state index < -0.39 is 5.69 Å². The third-order valence-electron chi connectivity index (χ3n) is 7.43. The largest absolute Gasteiger partial charge is 0.369 e. The molecule has 0 aromatic carbocycles. The van der Waals surface area contributed by atoms with Crippen molar-refractivity contribution in [1.82, 2.24) is 24.4 Å². The van der Waals surface area contributed by atoms with Crippen molar-refractivity contribution in [3.8, 4) is 0 Å². The van der Waals surface area contributed by atoms with E-state index in [1.54, 1.807) is 33.5 Å². The number of nitrogens with zero attached hydrogens (tertiary/aromatic N) is 5. The predicted molar refractivity (Wildman–Crippen MR) is 151 cm³/mol. The van der Waals surface area contributed by atoms with Gasteiger partial charge in [0, 0.05) is 25.3 Å². The lowest BCUT2D eigenvalue weighted by Gasteiger charge is -2.37. The zero-order valence-electron chi connectivity index (χ0n) is 21.9. The van der Waals surface area contributed by atoms with Crippen LogP contribution in [0.1, 0.15) is 59.1 Å². The van der Waals surface area contributed by atoms with Gasteiger partial charge in [-0.2, -0.15) is 4.98 Å². The molecule has 2 aromatic heterocycles. The van der Waals surface area contributed by atoms with Gasteiger partial charge >= 0.3 is 0 Å². The second-order valence-electron chi connectivity index (χ2n) is 10.6. The highest BCUT2D eigenvalue weighted by molar-refractivity contribution is 8.68. The topological polar surface area (TPSA) is 107 Å². The first-order valence-corrected chi connectivity index (χ1v) is 16.7. The van der Waals surface area contributed by atoms with Crippen LogP contribution < -0.4 is 5.56 Å². The minimum Gasteiger partial charge on any atom is -0.369 e. The maximum Gasteiger partial charge on any atom is 0.280 e. The van der Waals surface area contributed by atoms with Gasteiger partial charge in [0.15, 0.2) is 11.2 Å². The molecule has 0 amide bonds. The molecule has 2 saturated heterocycles. The first kappa shape index (κ1) is 27.0. The molecule has 10 nitrogen and oxygen atoms in total. The first-order valence-electron chi connectivity index (χ1n) is 12.7. The number of hydrogen-bond acceptors (Lipinski definition) is 9. The molecule has 2 aliphatic heterocycles. The van der Waals surface area contributed by atoms with Gasteiger partial charge in [-0.3, -0.25) is 14.3 Å². The molecule has 2 aromatic rings. The average Bonchev–Trinajstić information content (AvgIpc) is 3.49. The molecule has 1 aliphatic carbocycles. The van der Waals surface area contributed by atoms with E-state index in [0.29, 0.717) is 18.0 Å². The molecule has 13 heteroatoms. The van der Waals surface area contributed by atoms with Crippen molar-refractivity contribution in [1.29, 1.82) is 0 Å². The van der Waals surface area contributed by atoms with Gasteiger partial charge in [-0.15, -0.1) is 0 Å². The van der Waals surface area contributed by atoms with Gasteiger partial charge in [0.2, 0.25) is 11.6 Å². The lowest BCUT2D eigenvalue weighted by atomic mass is 9.77. The van der Waals surface area contributed by atoms with Crippen molar-refractivity contribution in [2.45, 2.75) is 82.2 Å². The number of ether oxygens (including phenoxy) is 1. The van der Waals surface area contributed by atoms with Gasteiger partial charge in [0.1, 0.15) is 6.23 Å². The molecule has 5 rings (SSSR count). The van der Waals surface area contributed by atoms with Gasteiger partial charge in [-0.25, -0.2) is 9.98 Å². The highest BCUT2D eigenvalue weighted by Crippen LogP contribution is 2.76. The molecule has 1 saturated carbocycles. The van der Waals surface area contributed by atoms with Gasteiger partial charge in [-0.1, -0.05) is 30.5 Å². The second-order valence-corrected chi connectivity index (χ2v) is 17.2. The molecule has 0 bridgehead atoms. The van der Waals surface area contributed by atoms with E-state index in [4.69, 9.17) is 25.6 Å². The molecular formula is C24H35N6O4PS2. The fourth-order valence-corrected chi connectivity index (χ4v) is 12.9. The van der Waals surface area contributed by atoms with Crippen LogP contribution in [0.2, 0.25) is 0 Å². The standard InChI is InChI=1S/C24H35N6O4PS2/c1-7-16-17(33-35(36)34-18-10-15(14(2)3)8-9-24(18,4)37-35)11-19(32-16)30-13-25-20-21(30)27-23(28-22(20)31)26-12-29(5)6/h12-13,15-19H,2,7-11H2,1,3-6H3,(H,27,28,31)/b26-12-/t15-,16+,17-,18+,19+,24+,35-/m0/s1. The summed E-state index contributed by atoms with van der Waals surface area (Å²) in [6, 6.07) is 0. The second kappa shape index (κ2) is 10.2. The van der Waals surface area contributed by atoms with Crippen molar-refractivity contribution in [3.05, 3.63) is 28.8 Å². The predicted octanol–water partition coefficient (Wildman–Crippen LogP) is 4.92. The minimum absolute atomic E-state index is 0.0307. The van der Waals surface area contributed by atoms with Crippen LogP contribution in [0.15, 0.2) is 28.3 Å². The molecule has 37 heavy (non-hydrogen) atoms. The van der Waals surface area contributed by atoms with Crippen molar-refractivity contribution in [2.75, 3.05) is 14.1 Å². The number of rotatable bonds is 7. The maximum atomic E-state index is 12.6. The van der Waals surface area contributed by atoms with E-state index >= 15 is 0 Å². The third kappa shape index (κ3) is 5.33. The molecule has 3 aliphatic rings. The van der Waals surface area contributed by atoms with Crippen molar-refractivity contribution >= 4 is 52.3 Å². The lowest BCUT2D eigenvalue weighted by molar-refractivity contribution is -0.0151. The minimum atomic E-state index is -2.56. The van der Waals surface area contributed by atoms with Crippen LogP contribution in [-0.2, 0) is 25.6 Å². The fourth-order valence-electron chi connectivity index (χ4n) is 5.30. The smallest absolute Gasteiger partial charge is 0.280 e. The lowest BCUT2D eigenvalue weighted by Crippen LogP contribution is -2.39. The summed E-state index contributed by atoms with van der Waals surface area (Å²) in [4.78, 5) is 30.1. The van der Waals surface area contributed by atoms with E-state index in [1.165, 1.54) is 5.57 Å². The molecule has 3 fully saturated rings. The highest BCUT2D eigenvalue weighted by Gasteiger charge is 2.54. The fraction of sp³-hybridized carbons (Fsp3) is 0.667. The molecule has 1 N–H and O–H groups in total. The van der Waals surface area contributed by atoms with E-state index in [9.17, 15) is 4.79 Å². The summed E-state index contributed by atoms with van der Waals surface area (Å²) in [5.74, 6) is 0.681. The molecule has 202 valence electrons. The van der Waals surface area contributed by atoms with Crippen LogP contribution in [0, 0.1) is 5.92 Å². The van der Waals surface area contributed by atoms with E-state index in [2.05, 4.69) is 47.3 Å². The van der Waals surface area contributed by atoms with Gasteiger partial charge in [0.25, 0.3) is 5.56 Å². The summed E-state index contributed by atoms with van der Waals surface area (Å²) >= 11 is 7.77. The number of aromatic nitrogens is 4. The average molecular weight is 567 g/mol. The molecular weight excluding hydrogens is 531 g/mol. The summed E-state index contributed by atoms with van der Waals surface area (Å²) in [6.07, 6.45) is 6.91. The number of H-pyrrole nitrogens is 1. The molecule has 0 spiro atoms. The number of aliphatic imine (C=N–C) groups is 1. The number of imidazole rings is 1. The quantitative estimate of drug-likeness (QED) is 0.216. The summed E-state index contributed by atoms with van der Waals surface area (Å²) in [6.45, 7) is 10.6. The Bertz CT molecular complexity index is 1330. The SMILES string of the molecule is C=C(C)[C@H]1CC[C@@]2(C)S[P@@](=S)(O[C@H]3C[C@H](n4cnc5c(=O)[nH]c(/N=C\N(C)C)nc54)O[C@@H]3CC)O[C@@H]2C1. The summed E-state index contributed by atoms with van der Waals surface area (Å²) in [7, 11) is 3.69. The van der Waals surface area contributed by atoms with Gasteiger partial charge in [-0.05, 0) is 57.3 Å². The van der Waals surface area contributed by atoms with E-state index in [-0.39, 0.29) is 46.3 Å². The number of nitrogens with one attached hydrogen (secondary N) is 1. The Balaban J connectivity index is 1.36. The van der Waals surface area contributed by atoms with Crippen LogP contribution in [0.5, 0.6) is 0 Å². The monoisotopic (exact) mass is 566 g/mol. The van der Waals surface area contributed by atoms with Crippen molar-refractivity contribution < 1.29 is 13.8 Å². The van der Waals surface area contributed by atoms with Crippen LogP contribution >= 0.6 is 17.1 Å². The Morgan fingerprint density at radius 3 is 3.00 bits per heavy atom. The van der Waals surface area contributed by atoms with E-state index in [0.717, 1.165) is 25.7 Å². The van der Waals surface area contributed by atoms with Crippen molar-refractivity contribution in [3.63, 3.8) is 0 Å². The molecule has 4 heterocycles. The van der Waals surface area contributed by atoms with Crippen LogP contribution in [-0.4, -0.2) is 67.9 Å². The number of fused-ring (bicyclic) bond motifs is 2. The van der Waals surface area contributed by atoms with Crippen LogP contribution in [0.4, 0.5) is 5.95 Å². The Labute approximate surface area is 226 Å². The summed E-state index contributed by atoms with van der Waals surface area (Å²) in [5, 5.41) is 0. The maximum absolute atomic E-state index is 12.6. The first-order chi connectivity index (χ1) is 17.5. The molecule has 0 unspecified atom stereocenters. The zero-order valence-corrected chi connectivity index (χ0v) is 24.4. The van der Waals surface area contributed by atoms with Gasteiger partial charge in [0.05, 0.1) is 31.0 Å². The highest BCUT2D eigenvalue weighted by atomic mass is 32.9. The summed E-state index contributed by atoms with van der Waals surface area (Å²) in [5.41, 5.74) is -1.02. The van der Waals surface area contributed by atoms with Crippen LogP contribution in [0.25, 0.3) is 11.2 Å². The molecule has 7 atom stereocenters. The normalized spacial score (nSPS) is 35.9. The number of hydrogen-bond donors (Lipinski definition) is 1. The Morgan fingerprint density at radius 1 is 1.51 bits per heavy atom. The van der Waals surface area contributed by atoms with Gasteiger partial charge < -0.3 is 18.7 Å². The Hall–Kier alpha value is -1.56. The summed E-state index contributed by atoms with van der Waals surface area (Å²) < 4.78 is 21.3. The van der Waals surface area contributed by atoms with Crippen LogP contribution in [0.3, 0.4) is 0 Å². The molecule has 0 radical (unpaired) electrons. The third-order valence-corrected chi connectivity index (χ3v) is 13.2. The van der Waals surface area contributed by atoms with E-state index in [1.807, 2.05) is 14.1 Å². The van der Waals surface area contributed by atoms with Crippen molar-refractivity contribution in [2.24, 2.45) is 10.9 Å². The Kier molecular flexibility index (Phi) is 7.45.